The molecule has 0 radical (unpaired) electrons. The third-order valence-electron chi connectivity index (χ3n) is 3.87. The number of hydrogen-bond acceptors (Lipinski definition) is 1. The Bertz CT molecular complexity index is 187. The monoisotopic (exact) mass is 256 g/mol. The second-order valence-corrected chi connectivity index (χ2v) is 8.03. The maximum atomic E-state index is 7.88. The van der Waals surface area contributed by atoms with Crippen LogP contribution in [0.4, 0.5) is 0 Å². The van der Waals surface area contributed by atoms with Gasteiger partial charge < -0.3 is 5.11 Å². The summed E-state index contributed by atoms with van der Waals surface area (Å²) in [7, 11) is 0. The first kappa shape index (κ1) is 18.0. The van der Waals surface area contributed by atoms with Crippen LogP contribution in [-0.4, -0.2) is 11.7 Å². The van der Waals surface area contributed by atoms with Crippen LogP contribution in [0.3, 0.4) is 0 Å². The molecule has 0 aromatic heterocycles. The fraction of sp³-hybridized carbons (Fsp3) is 1.00. The van der Waals surface area contributed by atoms with Crippen molar-refractivity contribution in [3.63, 3.8) is 0 Å². The predicted molar refractivity (Wildman–Crippen MR) is 81.7 cm³/mol. The molecule has 1 aliphatic carbocycles. The molecule has 0 unspecified atom stereocenters. The third-order valence-corrected chi connectivity index (χ3v) is 3.87. The van der Waals surface area contributed by atoms with Gasteiger partial charge in [0, 0.05) is 6.61 Å². The summed E-state index contributed by atoms with van der Waals surface area (Å²) in [5.74, 6) is 1.94. The van der Waals surface area contributed by atoms with Gasteiger partial charge in [0.05, 0.1) is 0 Å². The summed E-state index contributed by atoms with van der Waals surface area (Å²) in [5.41, 5.74) is 0.931. The highest BCUT2D eigenvalue weighted by Gasteiger charge is 2.35. The van der Waals surface area contributed by atoms with E-state index >= 15 is 0 Å². The first-order chi connectivity index (χ1) is 8.12. The van der Waals surface area contributed by atoms with E-state index in [2.05, 4.69) is 41.5 Å². The van der Waals surface area contributed by atoms with E-state index in [0.717, 1.165) is 18.3 Å². The van der Waals surface area contributed by atoms with E-state index < -0.39 is 0 Å². The lowest BCUT2D eigenvalue weighted by molar-refractivity contribution is 0.0891. The third kappa shape index (κ3) is 8.13. The van der Waals surface area contributed by atoms with E-state index in [4.69, 9.17) is 5.11 Å². The Morgan fingerprint density at radius 1 is 1.00 bits per heavy atom. The smallest absolute Gasteiger partial charge is 0.0428 e. The first-order valence-electron chi connectivity index (χ1n) is 7.73. The Morgan fingerprint density at radius 2 is 1.39 bits per heavy atom. The van der Waals surface area contributed by atoms with Crippen molar-refractivity contribution in [3.05, 3.63) is 0 Å². The molecule has 1 nitrogen and oxygen atoms in total. The van der Waals surface area contributed by atoms with Crippen LogP contribution < -0.4 is 0 Å². The minimum atomic E-state index is 0.319. The summed E-state index contributed by atoms with van der Waals surface area (Å²) >= 11 is 0. The molecule has 1 rings (SSSR count). The molecule has 0 aromatic rings. The fourth-order valence-electron chi connectivity index (χ4n) is 2.97. The van der Waals surface area contributed by atoms with Gasteiger partial charge in [-0.2, -0.15) is 0 Å². The normalized spacial score (nSPS) is 16.5. The Hall–Kier alpha value is -0.0400. The molecule has 110 valence electrons. The average molecular weight is 256 g/mol. The van der Waals surface area contributed by atoms with Crippen molar-refractivity contribution < 1.29 is 5.11 Å². The van der Waals surface area contributed by atoms with E-state index in [1.807, 2.05) is 6.92 Å². The van der Waals surface area contributed by atoms with Crippen molar-refractivity contribution >= 4 is 0 Å². The molecule has 0 spiro atoms. The standard InChI is InChI=1S/C14H28.C3H8O/c1-13(2,3)12(14(4,5)6)10-9-11-7-8-11;1-2-3-4/h11-12H,7-10H2,1-6H3;4H,2-3H2,1H3. The molecular weight excluding hydrogens is 220 g/mol. The van der Waals surface area contributed by atoms with Gasteiger partial charge in [0.25, 0.3) is 0 Å². The van der Waals surface area contributed by atoms with Crippen molar-refractivity contribution in [2.45, 2.75) is 80.6 Å². The van der Waals surface area contributed by atoms with Gasteiger partial charge >= 0.3 is 0 Å². The molecule has 0 bridgehead atoms. The van der Waals surface area contributed by atoms with Gasteiger partial charge in [-0.15, -0.1) is 0 Å². The minimum Gasteiger partial charge on any atom is -0.396 e. The number of hydrogen-bond donors (Lipinski definition) is 1. The SMILES string of the molecule is CC(C)(C)C(CCC1CC1)C(C)(C)C.CCCO. The molecule has 0 heterocycles. The highest BCUT2D eigenvalue weighted by Crippen LogP contribution is 2.45. The van der Waals surface area contributed by atoms with Crippen molar-refractivity contribution in [3.8, 4) is 0 Å². The number of aliphatic hydroxyl groups excluding tert-OH is 1. The minimum absolute atomic E-state index is 0.319. The predicted octanol–water partition coefficient (Wildman–Crippen LogP) is 5.27. The number of rotatable bonds is 4. The van der Waals surface area contributed by atoms with Crippen LogP contribution in [0, 0.1) is 22.7 Å². The molecule has 0 aromatic carbocycles. The summed E-state index contributed by atoms with van der Waals surface area (Å²) < 4.78 is 0. The average Bonchev–Trinajstić information content (AvgIpc) is 2.98. The molecular formula is C17H36O. The largest absolute Gasteiger partial charge is 0.396 e. The molecule has 1 saturated carbocycles. The van der Waals surface area contributed by atoms with Gasteiger partial charge in [0.1, 0.15) is 0 Å². The summed E-state index contributed by atoms with van der Waals surface area (Å²) in [4.78, 5) is 0. The van der Waals surface area contributed by atoms with Crippen LogP contribution >= 0.6 is 0 Å². The van der Waals surface area contributed by atoms with Gasteiger partial charge in [-0.05, 0) is 35.5 Å². The van der Waals surface area contributed by atoms with E-state index in [0.29, 0.717) is 17.4 Å². The van der Waals surface area contributed by atoms with Crippen LogP contribution in [-0.2, 0) is 0 Å². The van der Waals surface area contributed by atoms with Gasteiger partial charge in [-0.1, -0.05) is 67.7 Å². The molecule has 0 amide bonds. The molecule has 1 fully saturated rings. The van der Waals surface area contributed by atoms with Crippen molar-refractivity contribution in [1.29, 1.82) is 0 Å². The van der Waals surface area contributed by atoms with Crippen LogP contribution in [0.2, 0.25) is 0 Å². The zero-order valence-electron chi connectivity index (χ0n) is 13.8. The number of aliphatic hydroxyl groups is 1. The molecule has 0 saturated heterocycles. The van der Waals surface area contributed by atoms with Gasteiger partial charge in [-0.3, -0.25) is 0 Å². The first-order valence-corrected chi connectivity index (χ1v) is 7.73. The highest BCUT2D eigenvalue weighted by atomic mass is 16.2. The molecule has 1 aliphatic rings. The Kier molecular flexibility index (Phi) is 7.51. The molecule has 1 heteroatoms. The highest BCUT2D eigenvalue weighted by molar-refractivity contribution is 4.85. The van der Waals surface area contributed by atoms with Crippen LogP contribution in [0.25, 0.3) is 0 Å². The lowest BCUT2D eigenvalue weighted by Crippen LogP contribution is -2.32. The van der Waals surface area contributed by atoms with Crippen molar-refractivity contribution in [2.24, 2.45) is 22.7 Å². The zero-order valence-corrected chi connectivity index (χ0v) is 13.8. The van der Waals surface area contributed by atoms with Gasteiger partial charge in [0.2, 0.25) is 0 Å². The maximum Gasteiger partial charge on any atom is 0.0428 e. The summed E-state index contributed by atoms with van der Waals surface area (Å²) in [5, 5.41) is 7.88. The lowest BCUT2D eigenvalue weighted by Gasteiger charge is -2.41. The van der Waals surface area contributed by atoms with Gasteiger partial charge in [0.15, 0.2) is 0 Å². The lowest BCUT2D eigenvalue weighted by atomic mass is 9.64. The summed E-state index contributed by atoms with van der Waals surface area (Å²) in [6, 6.07) is 0. The van der Waals surface area contributed by atoms with E-state index in [1.165, 1.54) is 25.7 Å². The Labute approximate surface area is 115 Å². The second kappa shape index (κ2) is 7.53. The topological polar surface area (TPSA) is 20.2 Å². The quantitative estimate of drug-likeness (QED) is 0.726. The zero-order chi connectivity index (χ0) is 14.4. The van der Waals surface area contributed by atoms with Crippen LogP contribution in [0.1, 0.15) is 80.6 Å². The van der Waals surface area contributed by atoms with Crippen molar-refractivity contribution in [2.75, 3.05) is 6.61 Å². The van der Waals surface area contributed by atoms with Gasteiger partial charge in [-0.25, -0.2) is 0 Å². The molecule has 0 aliphatic heterocycles. The molecule has 1 N–H and O–H groups in total. The van der Waals surface area contributed by atoms with Crippen molar-refractivity contribution in [1.82, 2.24) is 0 Å². The van der Waals surface area contributed by atoms with E-state index in [1.54, 1.807) is 0 Å². The molecule has 18 heavy (non-hydrogen) atoms. The van der Waals surface area contributed by atoms with E-state index in [-0.39, 0.29) is 0 Å². The van der Waals surface area contributed by atoms with Crippen LogP contribution in [0.15, 0.2) is 0 Å². The summed E-state index contributed by atoms with van der Waals surface area (Å²) in [6.45, 7) is 16.6. The second-order valence-electron chi connectivity index (χ2n) is 8.03. The Morgan fingerprint density at radius 3 is 1.61 bits per heavy atom. The van der Waals surface area contributed by atoms with E-state index in [9.17, 15) is 0 Å². The maximum absolute atomic E-state index is 7.88. The Balaban J connectivity index is 0.000000631. The fourth-order valence-corrected chi connectivity index (χ4v) is 2.97. The molecule has 0 atom stereocenters. The summed E-state index contributed by atoms with van der Waals surface area (Å²) in [6.07, 6.45) is 6.78. The van der Waals surface area contributed by atoms with Crippen LogP contribution in [0.5, 0.6) is 0 Å².